The van der Waals surface area contributed by atoms with Crippen LogP contribution in [0.5, 0.6) is 0 Å². The molecule has 14 nitrogen and oxygen atoms in total. The van der Waals surface area contributed by atoms with E-state index in [9.17, 15) is 29.4 Å². The van der Waals surface area contributed by atoms with E-state index >= 15 is 0 Å². The Balaban J connectivity index is 1.37. The third kappa shape index (κ3) is 4.86. The second kappa shape index (κ2) is 10.3. The largest absolute Gasteiger partial charge is 0.478 e. The van der Waals surface area contributed by atoms with Crippen LogP contribution in [0.4, 0.5) is 5.13 Å². The lowest BCUT2D eigenvalue weighted by atomic mass is 10.0. The molecule has 2 atom stereocenters. The molecule has 2 aliphatic heterocycles. The van der Waals surface area contributed by atoms with Crippen LogP contribution in [0.3, 0.4) is 0 Å². The Kier molecular flexibility index (Phi) is 6.97. The Labute approximate surface area is 234 Å². The van der Waals surface area contributed by atoms with E-state index in [-0.39, 0.29) is 28.8 Å². The molecular formula is C24H24N7O7S2+. The van der Waals surface area contributed by atoms with E-state index in [0.717, 1.165) is 17.0 Å². The molecule has 2 aliphatic rings. The molecule has 5 heterocycles. The van der Waals surface area contributed by atoms with Crippen molar-refractivity contribution >= 4 is 63.3 Å². The first-order valence-corrected chi connectivity index (χ1v) is 13.8. The predicted molar refractivity (Wildman–Crippen MR) is 143 cm³/mol. The summed E-state index contributed by atoms with van der Waals surface area (Å²) in [5.41, 5.74) is 4.89. The number of aromatic nitrogens is 3. The Morgan fingerprint density at radius 3 is 2.75 bits per heavy atom. The molecule has 40 heavy (non-hydrogen) atoms. The highest BCUT2D eigenvalue weighted by molar-refractivity contribution is 8.00. The first-order chi connectivity index (χ1) is 19.0. The van der Waals surface area contributed by atoms with Crippen LogP contribution in [0.2, 0.25) is 0 Å². The number of β-lactam (4-membered cyclic amide) rings is 1. The summed E-state index contributed by atoms with van der Waals surface area (Å²) in [6.07, 6.45) is 5.56. The maximum atomic E-state index is 13.2. The molecule has 0 radical (unpaired) electrons. The molecule has 3 aromatic heterocycles. The van der Waals surface area contributed by atoms with Gasteiger partial charge in [0.05, 0.1) is 6.20 Å². The third-order valence-corrected chi connectivity index (χ3v) is 8.34. The van der Waals surface area contributed by atoms with Gasteiger partial charge in [-0.1, -0.05) is 11.2 Å². The van der Waals surface area contributed by atoms with E-state index in [1.54, 1.807) is 0 Å². The molecule has 0 spiro atoms. The number of anilines is 1. The van der Waals surface area contributed by atoms with Crippen LogP contribution < -0.4 is 15.6 Å². The number of hydrogen-bond acceptors (Lipinski definition) is 10. The van der Waals surface area contributed by atoms with Gasteiger partial charge in [0.1, 0.15) is 41.7 Å². The zero-order valence-corrected chi connectivity index (χ0v) is 22.8. The van der Waals surface area contributed by atoms with Crippen LogP contribution in [0.25, 0.3) is 5.65 Å². The Morgan fingerprint density at radius 1 is 1.30 bits per heavy atom. The number of thioether (sulfide) groups is 1. The minimum atomic E-state index is -1.75. The van der Waals surface area contributed by atoms with Gasteiger partial charge in [-0.15, -0.1) is 23.1 Å². The van der Waals surface area contributed by atoms with Crippen molar-refractivity contribution < 1.29 is 38.8 Å². The lowest BCUT2D eigenvalue weighted by Gasteiger charge is -2.49. The van der Waals surface area contributed by atoms with Crippen LogP contribution in [0.15, 0.2) is 58.6 Å². The number of nitrogen functional groups attached to an aromatic ring is 1. The Morgan fingerprint density at radius 2 is 2.08 bits per heavy atom. The summed E-state index contributed by atoms with van der Waals surface area (Å²) < 4.78 is 3.79. The van der Waals surface area contributed by atoms with Gasteiger partial charge in [-0.05, 0) is 19.9 Å². The number of nitrogens with two attached hydrogens (primary N) is 1. The number of nitrogens with one attached hydrogen (secondary N) is 1. The lowest BCUT2D eigenvalue weighted by molar-refractivity contribution is -0.662. The van der Waals surface area contributed by atoms with Crippen LogP contribution in [-0.2, 0) is 30.6 Å². The highest BCUT2D eigenvalue weighted by atomic mass is 32.2. The number of pyridine rings is 1. The molecule has 5 rings (SSSR count). The third-order valence-electron chi connectivity index (χ3n) is 6.33. The molecule has 0 saturated carbocycles. The van der Waals surface area contributed by atoms with Gasteiger partial charge in [0.15, 0.2) is 10.8 Å². The normalized spacial score (nSPS) is 19.3. The number of carbonyl (C=O) groups is 4. The Hall–Kier alpha value is -4.44. The van der Waals surface area contributed by atoms with E-state index in [2.05, 4.69) is 15.5 Å². The zero-order chi connectivity index (χ0) is 28.8. The van der Waals surface area contributed by atoms with Gasteiger partial charge in [-0.3, -0.25) is 14.5 Å². The molecule has 0 aliphatic carbocycles. The number of nitrogens with zero attached hydrogens (tertiary/aromatic N) is 5. The molecule has 208 valence electrons. The van der Waals surface area contributed by atoms with E-state index in [0.29, 0.717) is 11.3 Å². The number of thiazole rings is 1. The molecular weight excluding hydrogens is 562 g/mol. The van der Waals surface area contributed by atoms with Crippen molar-refractivity contribution in [1.29, 1.82) is 0 Å². The van der Waals surface area contributed by atoms with Crippen LogP contribution in [0.1, 0.15) is 19.5 Å². The summed E-state index contributed by atoms with van der Waals surface area (Å²) in [7, 11) is 0. The van der Waals surface area contributed by atoms with Crippen LogP contribution in [0, 0.1) is 0 Å². The molecule has 0 unspecified atom stereocenters. The van der Waals surface area contributed by atoms with Gasteiger partial charge in [0.2, 0.25) is 5.60 Å². The highest BCUT2D eigenvalue weighted by Gasteiger charge is 2.54. The maximum Gasteiger partial charge on any atom is 0.352 e. The number of oxime groups is 1. The number of hydrogen-bond donors (Lipinski definition) is 4. The number of carbonyl (C=O) groups excluding carboxylic acids is 2. The predicted octanol–water partition coefficient (Wildman–Crippen LogP) is 0.288. The average molecular weight is 587 g/mol. The summed E-state index contributed by atoms with van der Waals surface area (Å²) in [6.45, 7) is 2.77. The minimum absolute atomic E-state index is 0.0336. The number of imidazole rings is 1. The molecule has 16 heteroatoms. The Bertz CT molecular complexity index is 1610. The standard InChI is InChI=1S/C24H23N7O7S2/c1-24(2,22(36)37)38-28-15(13-11-40-23(25)26-13)18(32)27-16-19(33)31-17(21(34)35)12(10-39-20(16)31)9-30-8-7-29-6-4-3-5-14(29)30/h3-8,11,16,20H,9-10H2,1-2H3,(H4-,25,26,27,32,34,35,36,37)/p+1/b28-15+/t16-,20-/m1/s1. The van der Waals surface area contributed by atoms with Crippen molar-refractivity contribution in [1.82, 2.24) is 19.6 Å². The smallest absolute Gasteiger partial charge is 0.352 e. The van der Waals surface area contributed by atoms with Crippen molar-refractivity contribution in [3.63, 3.8) is 0 Å². The van der Waals surface area contributed by atoms with Gasteiger partial charge in [-0.2, -0.15) is 0 Å². The van der Waals surface area contributed by atoms with Crippen molar-refractivity contribution in [3.8, 4) is 0 Å². The van der Waals surface area contributed by atoms with E-state index in [1.807, 2.05) is 45.8 Å². The first kappa shape index (κ1) is 27.1. The summed E-state index contributed by atoms with van der Waals surface area (Å²) in [5.74, 6) is -3.69. The topological polar surface area (TPSA) is 193 Å². The van der Waals surface area contributed by atoms with Crippen LogP contribution in [-0.4, -0.2) is 76.7 Å². The molecule has 2 amide bonds. The fraction of sp³-hybridized carbons (Fsp3) is 0.292. The van der Waals surface area contributed by atoms with E-state index in [4.69, 9.17) is 10.6 Å². The van der Waals surface area contributed by atoms with Gasteiger partial charge in [0, 0.05) is 22.8 Å². The fourth-order valence-corrected chi connectivity index (χ4v) is 6.08. The SMILES string of the molecule is CC(C)(O/N=C(/C(=O)N[C@@H]1C(=O)N2C(C(=O)O)=C(C[n+]3ccn4ccccc43)CS[C@H]12)c1csc(N)n1)C(=O)O. The monoisotopic (exact) mass is 586 g/mol. The number of rotatable bonds is 9. The number of carboxylic acids is 2. The molecule has 1 saturated heterocycles. The van der Waals surface area contributed by atoms with Crippen molar-refractivity contribution in [2.75, 3.05) is 11.5 Å². The quantitative estimate of drug-likeness (QED) is 0.117. The zero-order valence-electron chi connectivity index (χ0n) is 21.2. The van der Waals surface area contributed by atoms with Crippen LogP contribution >= 0.6 is 23.1 Å². The maximum absolute atomic E-state index is 13.2. The first-order valence-electron chi connectivity index (χ1n) is 11.8. The number of amides is 2. The molecule has 1 fully saturated rings. The second-order valence-electron chi connectivity index (χ2n) is 9.43. The van der Waals surface area contributed by atoms with Crippen molar-refractivity contribution in [3.05, 3.63) is 59.1 Å². The number of aliphatic carboxylic acids is 2. The summed E-state index contributed by atoms with van der Waals surface area (Å²) in [4.78, 5) is 60.4. The number of carboxylic acid groups (broad SMARTS) is 2. The average Bonchev–Trinajstić information content (AvgIpc) is 3.53. The fourth-order valence-electron chi connectivity index (χ4n) is 4.20. The molecule has 0 bridgehead atoms. The van der Waals surface area contributed by atoms with Gasteiger partial charge in [0.25, 0.3) is 17.5 Å². The lowest BCUT2D eigenvalue weighted by Crippen LogP contribution is -2.71. The second-order valence-corrected chi connectivity index (χ2v) is 11.4. The van der Waals surface area contributed by atoms with Crippen molar-refractivity contribution in [2.45, 2.75) is 37.4 Å². The van der Waals surface area contributed by atoms with Gasteiger partial charge < -0.3 is 26.1 Å². The molecule has 5 N–H and O–H groups in total. The summed E-state index contributed by atoms with van der Waals surface area (Å²) >= 11 is 2.36. The van der Waals surface area contributed by atoms with E-state index < -0.39 is 40.8 Å². The highest BCUT2D eigenvalue weighted by Crippen LogP contribution is 2.40. The summed E-state index contributed by atoms with van der Waals surface area (Å²) in [6, 6.07) is 4.61. The van der Waals surface area contributed by atoms with Crippen molar-refractivity contribution in [2.24, 2.45) is 5.16 Å². The minimum Gasteiger partial charge on any atom is -0.478 e. The van der Waals surface area contributed by atoms with E-state index in [1.165, 1.54) is 35.9 Å². The summed E-state index contributed by atoms with van der Waals surface area (Å²) in [5, 5.41) is 26.6. The van der Waals surface area contributed by atoms with Gasteiger partial charge >= 0.3 is 11.9 Å². The number of fused-ring (bicyclic) bond motifs is 2. The molecule has 0 aromatic carbocycles. The van der Waals surface area contributed by atoms with Gasteiger partial charge in [-0.25, -0.2) is 23.5 Å². The molecule has 3 aromatic rings.